The Bertz CT molecular complexity index is 1450. The van der Waals surface area contributed by atoms with Crippen molar-refractivity contribution in [1.29, 1.82) is 0 Å². The number of halogens is 2. The highest BCUT2D eigenvalue weighted by molar-refractivity contribution is 7.92. The van der Waals surface area contributed by atoms with E-state index in [4.69, 9.17) is 27.9 Å². The molecule has 0 unspecified atom stereocenters. The van der Waals surface area contributed by atoms with Crippen molar-refractivity contribution in [3.63, 3.8) is 0 Å². The number of nitrogens with zero attached hydrogens (tertiary/aromatic N) is 2. The van der Waals surface area contributed by atoms with Gasteiger partial charge in [-0.1, -0.05) is 71.7 Å². The Kier molecular flexibility index (Phi) is 12.1. The molecule has 226 valence electrons. The normalized spacial score (nSPS) is 12.1. The Labute approximate surface area is 258 Å². The number of rotatable bonds is 14. The number of anilines is 1. The zero-order valence-corrected chi connectivity index (χ0v) is 26.5. The summed E-state index contributed by atoms with van der Waals surface area (Å²) in [4.78, 5) is 29.0. The smallest absolute Gasteiger partial charge is 0.243 e. The van der Waals surface area contributed by atoms with E-state index in [2.05, 4.69) is 5.32 Å². The molecule has 11 heteroatoms. The van der Waals surface area contributed by atoms with E-state index in [1.165, 1.54) is 16.3 Å². The summed E-state index contributed by atoms with van der Waals surface area (Å²) in [5, 5.41) is 3.70. The van der Waals surface area contributed by atoms with E-state index in [1.54, 1.807) is 42.5 Å². The Morgan fingerprint density at radius 2 is 1.55 bits per heavy atom. The van der Waals surface area contributed by atoms with Gasteiger partial charge < -0.3 is 15.0 Å². The van der Waals surface area contributed by atoms with Crippen LogP contribution in [0.1, 0.15) is 37.8 Å². The number of carbonyl (C=O) groups is 2. The number of para-hydroxylation sites is 2. The molecule has 1 N–H and O–H groups in total. The fourth-order valence-electron chi connectivity index (χ4n) is 4.61. The second kappa shape index (κ2) is 15.3. The van der Waals surface area contributed by atoms with Gasteiger partial charge in [0.1, 0.15) is 11.8 Å². The summed E-state index contributed by atoms with van der Waals surface area (Å²) in [6, 6.07) is 20.3. The van der Waals surface area contributed by atoms with Crippen molar-refractivity contribution >= 4 is 50.7 Å². The molecule has 42 heavy (non-hydrogen) atoms. The first-order chi connectivity index (χ1) is 19.9. The van der Waals surface area contributed by atoms with Gasteiger partial charge in [0.05, 0.1) is 19.1 Å². The highest BCUT2D eigenvalue weighted by Crippen LogP contribution is 2.30. The predicted molar refractivity (Wildman–Crippen MR) is 169 cm³/mol. The molecule has 8 nitrogen and oxygen atoms in total. The highest BCUT2D eigenvalue weighted by atomic mass is 35.5. The van der Waals surface area contributed by atoms with Crippen molar-refractivity contribution < 1.29 is 22.7 Å². The van der Waals surface area contributed by atoms with Crippen LogP contribution >= 0.6 is 23.2 Å². The summed E-state index contributed by atoms with van der Waals surface area (Å²) < 4.78 is 32.0. The van der Waals surface area contributed by atoms with Crippen LogP contribution in [0.3, 0.4) is 0 Å². The molecule has 3 rings (SSSR count). The van der Waals surface area contributed by atoms with Crippen molar-refractivity contribution in [2.24, 2.45) is 0 Å². The molecular weight excluding hydrogens is 597 g/mol. The van der Waals surface area contributed by atoms with Gasteiger partial charge in [0.25, 0.3) is 0 Å². The van der Waals surface area contributed by atoms with E-state index in [9.17, 15) is 18.0 Å². The van der Waals surface area contributed by atoms with Crippen molar-refractivity contribution in [1.82, 2.24) is 10.2 Å². The molecular formula is C31H37Cl2N3O5S. The van der Waals surface area contributed by atoms with Crippen LogP contribution in [0.25, 0.3) is 0 Å². The first-order valence-electron chi connectivity index (χ1n) is 13.6. The van der Waals surface area contributed by atoms with Gasteiger partial charge in [0.2, 0.25) is 21.8 Å². The molecule has 0 aliphatic heterocycles. The third-order valence-corrected chi connectivity index (χ3v) is 8.49. The number of sulfonamides is 1. The summed E-state index contributed by atoms with van der Waals surface area (Å²) in [7, 11) is -2.22. The standard InChI is InChI=1S/C31H37Cl2N3O5S/c1-22(2)34-31(38)28(20-23-12-6-5-7-13-23)35(21-24-25(32)14-10-15-26(24)33)30(37)18-11-19-36(42(4,39)40)27-16-8-9-17-29(27)41-3/h5-10,12-17,22,28H,11,18-21H2,1-4H3,(H,34,38)/t28-/m0/s1. The molecule has 1 atom stereocenters. The van der Waals surface area contributed by atoms with E-state index < -0.39 is 16.1 Å². The van der Waals surface area contributed by atoms with Gasteiger partial charge in [-0.3, -0.25) is 13.9 Å². The molecule has 0 spiro atoms. The summed E-state index contributed by atoms with van der Waals surface area (Å²) in [6.45, 7) is 3.74. The van der Waals surface area contributed by atoms with E-state index in [0.717, 1.165) is 11.8 Å². The fraction of sp³-hybridized carbons (Fsp3) is 0.355. The van der Waals surface area contributed by atoms with E-state index >= 15 is 0 Å². The average Bonchev–Trinajstić information content (AvgIpc) is 2.93. The molecule has 0 aliphatic carbocycles. The lowest BCUT2D eigenvalue weighted by Gasteiger charge is -2.33. The quantitative estimate of drug-likeness (QED) is 0.245. The number of nitrogens with one attached hydrogen (secondary N) is 1. The molecule has 2 amide bonds. The first-order valence-corrected chi connectivity index (χ1v) is 16.2. The van der Waals surface area contributed by atoms with Gasteiger partial charge in [0, 0.05) is 47.6 Å². The molecule has 0 heterocycles. The Morgan fingerprint density at radius 3 is 2.14 bits per heavy atom. The topological polar surface area (TPSA) is 96.0 Å². The van der Waals surface area contributed by atoms with Crippen molar-refractivity contribution in [3.05, 3.63) is 94.0 Å². The number of carbonyl (C=O) groups excluding carboxylic acids is 2. The lowest BCUT2D eigenvalue weighted by Crippen LogP contribution is -2.52. The zero-order valence-electron chi connectivity index (χ0n) is 24.2. The van der Waals surface area contributed by atoms with Crippen LogP contribution in [0.5, 0.6) is 5.75 Å². The van der Waals surface area contributed by atoms with Gasteiger partial charge >= 0.3 is 0 Å². The molecule has 0 fully saturated rings. The molecule has 0 aromatic heterocycles. The van der Waals surface area contributed by atoms with Gasteiger partial charge in [-0.25, -0.2) is 8.42 Å². The first kappa shape index (κ1) is 33.2. The SMILES string of the molecule is COc1ccccc1N(CCCC(=O)N(Cc1c(Cl)cccc1Cl)[C@@H](Cc1ccccc1)C(=O)NC(C)C)S(C)(=O)=O. The molecule has 3 aromatic carbocycles. The Hall–Kier alpha value is -3.27. The lowest BCUT2D eigenvalue weighted by atomic mass is 10.0. The summed E-state index contributed by atoms with van der Waals surface area (Å²) in [5.74, 6) is -0.242. The number of methoxy groups -OCH3 is 1. The molecule has 0 bridgehead atoms. The van der Waals surface area contributed by atoms with Crippen LogP contribution in [0.2, 0.25) is 10.0 Å². The second-order valence-electron chi connectivity index (χ2n) is 10.2. The number of amides is 2. The van der Waals surface area contributed by atoms with Crippen LogP contribution < -0.4 is 14.4 Å². The minimum absolute atomic E-state index is 0.00263. The van der Waals surface area contributed by atoms with E-state index in [-0.39, 0.29) is 50.2 Å². The zero-order chi connectivity index (χ0) is 30.9. The van der Waals surface area contributed by atoms with Gasteiger partial charge in [-0.05, 0) is 50.1 Å². The van der Waals surface area contributed by atoms with Crippen LogP contribution in [-0.2, 0) is 32.6 Å². The van der Waals surface area contributed by atoms with Crippen molar-refractivity contribution in [2.45, 2.75) is 51.7 Å². The van der Waals surface area contributed by atoms with Crippen LogP contribution in [0.15, 0.2) is 72.8 Å². The maximum Gasteiger partial charge on any atom is 0.243 e. The Balaban J connectivity index is 1.94. The summed E-state index contributed by atoms with van der Waals surface area (Å²) >= 11 is 13.0. The number of benzene rings is 3. The minimum atomic E-state index is -3.68. The summed E-state index contributed by atoms with van der Waals surface area (Å²) in [6.07, 6.45) is 1.55. The molecule has 0 saturated heterocycles. The van der Waals surface area contributed by atoms with Crippen LogP contribution in [-0.4, -0.2) is 57.1 Å². The highest BCUT2D eigenvalue weighted by Gasteiger charge is 2.32. The predicted octanol–water partition coefficient (Wildman–Crippen LogP) is 5.71. The molecule has 0 saturated carbocycles. The Morgan fingerprint density at radius 1 is 0.929 bits per heavy atom. The fourth-order valence-corrected chi connectivity index (χ4v) is 6.09. The van der Waals surface area contributed by atoms with Gasteiger partial charge in [0.15, 0.2) is 0 Å². The number of hydrogen-bond donors (Lipinski definition) is 1. The van der Waals surface area contributed by atoms with Gasteiger partial charge in [-0.2, -0.15) is 0 Å². The van der Waals surface area contributed by atoms with Crippen LogP contribution in [0.4, 0.5) is 5.69 Å². The summed E-state index contributed by atoms with van der Waals surface area (Å²) in [5.41, 5.74) is 1.79. The third kappa shape index (κ3) is 9.11. The van der Waals surface area contributed by atoms with E-state index in [0.29, 0.717) is 27.0 Å². The van der Waals surface area contributed by atoms with Crippen molar-refractivity contribution in [3.8, 4) is 5.75 Å². The van der Waals surface area contributed by atoms with E-state index in [1.807, 2.05) is 44.2 Å². The number of hydrogen-bond acceptors (Lipinski definition) is 5. The number of ether oxygens (including phenoxy) is 1. The van der Waals surface area contributed by atoms with Crippen LogP contribution in [0, 0.1) is 0 Å². The minimum Gasteiger partial charge on any atom is -0.495 e. The van der Waals surface area contributed by atoms with Crippen molar-refractivity contribution in [2.75, 3.05) is 24.2 Å². The largest absolute Gasteiger partial charge is 0.495 e. The average molecular weight is 635 g/mol. The van der Waals surface area contributed by atoms with Gasteiger partial charge in [-0.15, -0.1) is 0 Å². The maximum atomic E-state index is 13.9. The second-order valence-corrected chi connectivity index (χ2v) is 12.9. The third-order valence-electron chi connectivity index (χ3n) is 6.60. The monoisotopic (exact) mass is 633 g/mol. The molecule has 0 radical (unpaired) electrons. The molecule has 0 aliphatic rings. The molecule has 3 aromatic rings. The maximum absolute atomic E-state index is 13.9. The lowest BCUT2D eigenvalue weighted by molar-refractivity contribution is -0.141.